The summed E-state index contributed by atoms with van der Waals surface area (Å²) >= 11 is 1.82. The molecule has 154 valence electrons. The lowest BCUT2D eigenvalue weighted by Gasteiger charge is -2.47. The number of hydrogen-bond donors (Lipinski definition) is 2. The maximum Gasteiger partial charge on any atom is 0.255 e. The third-order valence-corrected chi connectivity index (χ3v) is 7.49. The maximum atomic E-state index is 12.7. The quantitative estimate of drug-likeness (QED) is 0.690. The maximum absolute atomic E-state index is 12.7. The van der Waals surface area contributed by atoms with Gasteiger partial charge in [-0.25, -0.2) is 0 Å². The van der Waals surface area contributed by atoms with Gasteiger partial charge in [-0.1, -0.05) is 12.2 Å². The molecule has 6 unspecified atom stereocenters. The predicted octanol–water partition coefficient (Wildman–Crippen LogP) is 1.84. The van der Waals surface area contributed by atoms with E-state index in [1.807, 2.05) is 17.3 Å². The monoisotopic (exact) mass is 415 g/mol. The molecule has 2 heterocycles. The van der Waals surface area contributed by atoms with Crippen LogP contribution in [0.15, 0.2) is 35.3 Å². The lowest BCUT2D eigenvalue weighted by Crippen LogP contribution is -2.63. The molecule has 1 amide bonds. The number of fused-ring (bicyclic) bond motifs is 3. The number of aliphatic imine (C=N–C) groups is 1. The van der Waals surface area contributed by atoms with Crippen molar-refractivity contribution in [1.29, 1.82) is 0 Å². The van der Waals surface area contributed by atoms with Crippen LogP contribution in [-0.2, 0) is 4.74 Å². The van der Waals surface area contributed by atoms with Crippen molar-refractivity contribution in [3.8, 4) is 11.5 Å². The lowest BCUT2D eigenvalue weighted by atomic mass is 9.81. The minimum Gasteiger partial charge on any atom is -0.497 e. The molecule has 2 N–H and O–H groups in total. The van der Waals surface area contributed by atoms with Crippen LogP contribution in [0.5, 0.6) is 11.5 Å². The molecule has 5 rings (SSSR count). The zero-order chi connectivity index (χ0) is 20.0. The zero-order valence-corrected chi connectivity index (χ0v) is 17.3. The summed E-state index contributed by atoms with van der Waals surface area (Å²) in [5.41, 5.74) is 2.20. The van der Waals surface area contributed by atoms with Gasteiger partial charge >= 0.3 is 0 Å². The average molecular weight is 416 g/mol. The van der Waals surface area contributed by atoms with Gasteiger partial charge in [-0.05, 0) is 24.5 Å². The van der Waals surface area contributed by atoms with E-state index in [0.29, 0.717) is 46.7 Å². The molecule has 29 heavy (non-hydrogen) atoms. The molecule has 2 fully saturated rings. The van der Waals surface area contributed by atoms with E-state index in [4.69, 9.17) is 14.2 Å². The van der Waals surface area contributed by atoms with Crippen molar-refractivity contribution in [1.82, 2.24) is 10.6 Å². The number of benzene rings is 1. The second kappa shape index (κ2) is 7.34. The first-order valence-electron chi connectivity index (χ1n) is 9.91. The van der Waals surface area contributed by atoms with E-state index < -0.39 is 0 Å². The van der Waals surface area contributed by atoms with E-state index in [0.717, 1.165) is 13.0 Å². The van der Waals surface area contributed by atoms with Crippen LogP contribution in [0.25, 0.3) is 0 Å². The molecule has 2 aliphatic heterocycles. The third-order valence-electron chi connectivity index (χ3n) is 6.43. The Labute approximate surface area is 174 Å². The molecule has 6 atom stereocenters. The number of carbonyl (C=O) groups excluding carboxylic acids is 1. The van der Waals surface area contributed by atoms with Crippen molar-refractivity contribution < 1.29 is 19.0 Å². The summed E-state index contributed by atoms with van der Waals surface area (Å²) in [6.07, 6.45) is 5.33. The topological polar surface area (TPSA) is 81.2 Å². The van der Waals surface area contributed by atoms with E-state index in [-0.39, 0.29) is 17.7 Å². The van der Waals surface area contributed by atoms with Gasteiger partial charge in [-0.3, -0.25) is 15.1 Å². The van der Waals surface area contributed by atoms with Gasteiger partial charge in [0.05, 0.1) is 44.0 Å². The molecule has 1 aromatic rings. The molecule has 1 saturated heterocycles. The normalized spacial score (nSPS) is 36.4. The molecular weight excluding hydrogens is 390 g/mol. The number of ether oxygens (including phenoxy) is 3. The highest BCUT2D eigenvalue weighted by molar-refractivity contribution is 8.12. The fourth-order valence-electron chi connectivity index (χ4n) is 5.18. The minimum atomic E-state index is -0.237. The van der Waals surface area contributed by atoms with Crippen molar-refractivity contribution >= 4 is 23.2 Å². The van der Waals surface area contributed by atoms with Gasteiger partial charge in [0.15, 0.2) is 0 Å². The summed E-state index contributed by atoms with van der Waals surface area (Å²) in [5, 5.41) is 7.09. The zero-order valence-electron chi connectivity index (χ0n) is 16.5. The highest BCUT2D eigenvalue weighted by Gasteiger charge is 2.62. The minimum absolute atomic E-state index is 0.192. The van der Waals surface area contributed by atoms with Crippen LogP contribution >= 0.6 is 11.8 Å². The first kappa shape index (κ1) is 19.0. The SMILES string of the molecule is COc1ccc(C(=O)NCC2NC3C4C=CC(C4)(O2)C3C2CN=CS2)c(OC)c1. The molecular formula is C21H25N3O4S. The Morgan fingerprint density at radius 2 is 2.31 bits per heavy atom. The second-order valence-corrected chi connectivity index (χ2v) is 9.02. The molecule has 4 aliphatic rings. The van der Waals surface area contributed by atoms with Gasteiger partial charge < -0.3 is 19.5 Å². The van der Waals surface area contributed by atoms with Crippen molar-refractivity contribution in [2.45, 2.75) is 29.5 Å². The van der Waals surface area contributed by atoms with Gasteiger partial charge in [-0.15, -0.1) is 11.8 Å². The highest BCUT2D eigenvalue weighted by atomic mass is 32.2. The van der Waals surface area contributed by atoms with Gasteiger partial charge in [-0.2, -0.15) is 0 Å². The Bertz CT molecular complexity index is 867. The van der Waals surface area contributed by atoms with Crippen molar-refractivity contribution in [2.24, 2.45) is 16.8 Å². The Morgan fingerprint density at radius 1 is 1.41 bits per heavy atom. The fourth-order valence-corrected chi connectivity index (χ4v) is 6.25. The molecule has 2 aliphatic carbocycles. The standard InChI is InChI=1S/C21H25N3O4S/c1-26-13-3-4-14(15(7-13)27-2)20(25)23-10-17-24-19-12-5-6-21(8-12,28-17)18(19)16-9-22-11-29-16/h3-7,11-12,16-19,24H,8-10H2,1-2H3,(H,23,25). The summed E-state index contributed by atoms with van der Waals surface area (Å²) in [6, 6.07) is 5.54. The lowest BCUT2D eigenvalue weighted by molar-refractivity contribution is -0.130. The summed E-state index contributed by atoms with van der Waals surface area (Å²) in [6.45, 7) is 1.26. The summed E-state index contributed by atoms with van der Waals surface area (Å²) in [4.78, 5) is 17.1. The van der Waals surface area contributed by atoms with Crippen molar-refractivity contribution in [3.05, 3.63) is 35.9 Å². The molecule has 8 heteroatoms. The predicted molar refractivity (Wildman–Crippen MR) is 112 cm³/mol. The molecule has 0 aromatic heterocycles. The van der Waals surface area contributed by atoms with Crippen LogP contribution in [0.1, 0.15) is 16.8 Å². The summed E-state index contributed by atoms with van der Waals surface area (Å²) in [7, 11) is 3.13. The van der Waals surface area contributed by atoms with Crippen molar-refractivity contribution in [2.75, 3.05) is 27.3 Å². The Hall–Kier alpha value is -2.03. The molecule has 0 radical (unpaired) electrons. The highest BCUT2D eigenvalue weighted by Crippen LogP contribution is 2.55. The Morgan fingerprint density at radius 3 is 3.03 bits per heavy atom. The molecule has 3 bridgehead atoms. The second-order valence-electron chi connectivity index (χ2n) is 7.93. The van der Waals surface area contributed by atoms with Crippen molar-refractivity contribution in [3.63, 3.8) is 0 Å². The summed E-state index contributed by atoms with van der Waals surface area (Å²) in [5.74, 6) is 1.84. The van der Waals surface area contributed by atoms with Crippen LogP contribution in [0.2, 0.25) is 0 Å². The molecule has 7 nitrogen and oxygen atoms in total. The number of nitrogens with one attached hydrogen (secondary N) is 2. The number of thioether (sulfide) groups is 1. The van der Waals surface area contributed by atoms with Gasteiger partial charge in [0.1, 0.15) is 17.7 Å². The summed E-state index contributed by atoms with van der Waals surface area (Å²) < 4.78 is 17.1. The van der Waals surface area contributed by atoms with E-state index in [1.54, 1.807) is 32.4 Å². The average Bonchev–Trinajstić information content (AvgIpc) is 3.44. The van der Waals surface area contributed by atoms with Crippen LogP contribution in [0.4, 0.5) is 0 Å². The van der Waals surface area contributed by atoms with Crippen LogP contribution in [-0.4, -0.2) is 61.9 Å². The van der Waals surface area contributed by atoms with Gasteiger partial charge in [0.2, 0.25) is 0 Å². The van der Waals surface area contributed by atoms with Gasteiger partial charge in [0, 0.05) is 23.3 Å². The Kier molecular flexibility index (Phi) is 4.80. The third kappa shape index (κ3) is 3.14. The largest absolute Gasteiger partial charge is 0.497 e. The number of amides is 1. The van der Waals surface area contributed by atoms with Crippen LogP contribution in [0.3, 0.4) is 0 Å². The number of rotatable bonds is 6. The van der Waals surface area contributed by atoms with E-state index >= 15 is 0 Å². The molecule has 1 saturated carbocycles. The first-order valence-corrected chi connectivity index (χ1v) is 10.8. The van der Waals surface area contributed by atoms with Crippen LogP contribution < -0.4 is 20.1 Å². The smallest absolute Gasteiger partial charge is 0.255 e. The molecule has 1 spiro atoms. The Balaban J connectivity index is 1.25. The fraction of sp³-hybridized carbons (Fsp3) is 0.524. The number of hydrogen-bond acceptors (Lipinski definition) is 7. The molecule has 1 aromatic carbocycles. The van der Waals surface area contributed by atoms with E-state index in [1.165, 1.54) is 0 Å². The van der Waals surface area contributed by atoms with Crippen LogP contribution in [0, 0.1) is 11.8 Å². The first-order chi connectivity index (χ1) is 14.1. The van der Waals surface area contributed by atoms with E-state index in [2.05, 4.69) is 27.8 Å². The number of carbonyl (C=O) groups is 1. The number of methoxy groups -OCH3 is 2. The number of nitrogens with zero attached hydrogens (tertiary/aromatic N) is 1. The van der Waals surface area contributed by atoms with Gasteiger partial charge in [0.25, 0.3) is 5.91 Å². The van der Waals surface area contributed by atoms with E-state index in [9.17, 15) is 4.79 Å².